The molecule has 112 valence electrons. The number of ether oxygens (including phenoxy) is 1. The monoisotopic (exact) mass is 300 g/mol. The number of benzene rings is 2. The van der Waals surface area contributed by atoms with E-state index in [1.807, 2.05) is 0 Å². The zero-order valence-electron chi connectivity index (χ0n) is 11.0. The van der Waals surface area contributed by atoms with Crippen molar-refractivity contribution < 1.29 is 27.4 Å². The average Bonchev–Trinajstić information content (AvgIpc) is 2.45. The molecule has 0 bridgehead atoms. The number of aliphatic hydroxyl groups is 1. The van der Waals surface area contributed by atoms with Gasteiger partial charge in [0.15, 0.2) is 0 Å². The lowest BCUT2D eigenvalue weighted by Crippen LogP contribution is -2.13. The van der Waals surface area contributed by atoms with Crippen LogP contribution in [0, 0.1) is 5.82 Å². The van der Waals surface area contributed by atoms with Crippen LogP contribution in [0.15, 0.2) is 42.5 Å². The van der Waals surface area contributed by atoms with E-state index in [4.69, 9.17) is 4.74 Å². The Kier molecular flexibility index (Phi) is 4.18. The van der Waals surface area contributed by atoms with Gasteiger partial charge in [-0.25, -0.2) is 4.39 Å². The van der Waals surface area contributed by atoms with Crippen LogP contribution in [0.25, 0.3) is 0 Å². The van der Waals surface area contributed by atoms with Gasteiger partial charge < -0.3 is 9.84 Å². The van der Waals surface area contributed by atoms with Crippen molar-refractivity contribution >= 4 is 0 Å². The SMILES string of the molecule is COc1ccccc1C(O)c1ccc(F)cc1C(F)(F)F. The molecule has 0 aliphatic carbocycles. The van der Waals surface area contributed by atoms with Crippen molar-refractivity contribution in [3.8, 4) is 5.75 Å². The summed E-state index contributed by atoms with van der Waals surface area (Å²) in [5.41, 5.74) is -1.45. The summed E-state index contributed by atoms with van der Waals surface area (Å²) in [6.45, 7) is 0. The molecule has 0 aliphatic heterocycles. The minimum absolute atomic E-state index is 0.178. The van der Waals surface area contributed by atoms with Crippen LogP contribution >= 0.6 is 0 Å². The van der Waals surface area contributed by atoms with Crippen LogP contribution in [-0.2, 0) is 6.18 Å². The van der Waals surface area contributed by atoms with Crippen LogP contribution in [-0.4, -0.2) is 12.2 Å². The van der Waals surface area contributed by atoms with Gasteiger partial charge in [0.05, 0.1) is 12.7 Å². The van der Waals surface area contributed by atoms with Crippen LogP contribution in [0.2, 0.25) is 0 Å². The highest BCUT2D eigenvalue weighted by atomic mass is 19.4. The highest BCUT2D eigenvalue weighted by Crippen LogP contribution is 2.38. The Balaban J connectivity index is 2.56. The summed E-state index contributed by atoms with van der Waals surface area (Å²) in [6, 6.07) is 8.34. The molecule has 0 saturated carbocycles. The smallest absolute Gasteiger partial charge is 0.416 e. The van der Waals surface area contributed by atoms with Crippen LogP contribution in [0.1, 0.15) is 22.8 Å². The standard InChI is InChI=1S/C15H12F4O2/c1-21-13-5-3-2-4-11(13)14(20)10-7-6-9(16)8-12(10)15(17,18)19/h2-8,14,20H,1H3. The van der Waals surface area contributed by atoms with Gasteiger partial charge in [0, 0.05) is 5.56 Å². The first kappa shape index (κ1) is 15.3. The van der Waals surface area contributed by atoms with Crippen molar-refractivity contribution in [3.05, 3.63) is 65.0 Å². The number of alkyl halides is 3. The Hall–Kier alpha value is -2.08. The predicted octanol–water partition coefficient (Wildman–Crippen LogP) is 3.93. The minimum Gasteiger partial charge on any atom is -0.496 e. The maximum absolute atomic E-state index is 13.1. The van der Waals surface area contributed by atoms with Crippen molar-refractivity contribution in [1.82, 2.24) is 0 Å². The fourth-order valence-corrected chi connectivity index (χ4v) is 2.07. The highest BCUT2D eigenvalue weighted by molar-refractivity contribution is 5.43. The van der Waals surface area contributed by atoms with Gasteiger partial charge in [-0.05, 0) is 23.8 Å². The van der Waals surface area contributed by atoms with Crippen molar-refractivity contribution in [1.29, 1.82) is 0 Å². The number of halogens is 4. The summed E-state index contributed by atoms with van der Waals surface area (Å²) < 4.78 is 57.0. The normalized spacial score (nSPS) is 13.0. The van der Waals surface area contributed by atoms with E-state index in [9.17, 15) is 22.7 Å². The van der Waals surface area contributed by atoms with Crippen LogP contribution in [0.3, 0.4) is 0 Å². The summed E-state index contributed by atoms with van der Waals surface area (Å²) in [6.07, 6.45) is -6.33. The van der Waals surface area contributed by atoms with E-state index >= 15 is 0 Å². The van der Waals surface area contributed by atoms with Crippen LogP contribution in [0.4, 0.5) is 17.6 Å². The van der Waals surface area contributed by atoms with Gasteiger partial charge in [-0.1, -0.05) is 24.3 Å². The molecular weight excluding hydrogens is 288 g/mol. The molecule has 1 unspecified atom stereocenters. The lowest BCUT2D eigenvalue weighted by molar-refractivity contribution is -0.139. The molecule has 0 radical (unpaired) electrons. The van der Waals surface area contributed by atoms with Gasteiger partial charge >= 0.3 is 6.18 Å². The largest absolute Gasteiger partial charge is 0.496 e. The Morgan fingerprint density at radius 3 is 2.33 bits per heavy atom. The Labute approximate surface area is 118 Å². The van der Waals surface area contributed by atoms with Crippen molar-refractivity contribution in [2.45, 2.75) is 12.3 Å². The third-order valence-corrected chi connectivity index (χ3v) is 3.05. The van der Waals surface area contributed by atoms with Gasteiger partial charge in [-0.2, -0.15) is 13.2 Å². The third-order valence-electron chi connectivity index (χ3n) is 3.05. The lowest BCUT2D eigenvalue weighted by Gasteiger charge is -2.19. The Morgan fingerprint density at radius 1 is 1.05 bits per heavy atom. The van der Waals surface area contributed by atoms with Crippen molar-refractivity contribution in [2.75, 3.05) is 7.11 Å². The van der Waals surface area contributed by atoms with E-state index < -0.39 is 29.2 Å². The van der Waals surface area contributed by atoms with Crippen LogP contribution in [0.5, 0.6) is 5.75 Å². The number of aliphatic hydroxyl groups excluding tert-OH is 1. The number of methoxy groups -OCH3 is 1. The van der Waals surface area contributed by atoms with E-state index in [2.05, 4.69) is 0 Å². The number of hydrogen-bond acceptors (Lipinski definition) is 2. The highest BCUT2D eigenvalue weighted by Gasteiger charge is 2.36. The van der Waals surface area contributed by atoms with E-state index in [1.165, 1.54) is 19.2 Å². The van der Waals surface area contributed by atoms with Crippen LogP contribution < -0.4 is 4.74 Å². The second-order valence-corrected chi connectivity index (χ2v) is 4.37. The molecule has 0 saturated heterocycles. The molecule has 2 aromatic carbocycles. The molecular formula is C15H12F4O2. The molecule has 2 rings (SSSR count). The summed E-state index contributed by atoms with van der Waals surface area (Å²) in [4.78, 5) is 0. The summed E-state index contributed by atoms with van der Waals surface area (Å²) in [5.74, 6) is -0.763. The maximum Gasteiger partial charge on any atom is 0.416 e. The van der Waals surface area contributed by atoms with Gasteiger partial charge in [0.1, 0.15) is 17.7 Å². The molecule has 1 N–H and O–H groups in total. The van der Waals surface area contributed by atoms with E-state index in [-0.39, 0.29) is 11.3 Å². The maximum atomic E-state index is 13.1. The second kappa shape index (κ2) is 5.73. The fourth-order valence-electron chi connectivity index (χ4n) is 2.07. The third kappa shape index (κ3) is 3.16. The average molecular weight is 300 g/mol. The molecule has 2 nitrogen and oxygen atoms in total. The molecule has 2 aromatic rings. The summed E-state index contributed by atoms with van der Waals surface area (Å²) >= 11 is 0. The first-order chi connectivity index (χ1) is 9.84. The quantitative estimate of drug-likeness (QED) is 0.870. The van der Waals surface area contributed by atoms with Gasteiger partial charge in [0.25, 0.3) is 0 Å². The van der Waals surface area contributed by atoms with Gasteiger partial charge in [-0.3, -0.25) is 0 Å². The zero-order valence-corrected chi connectivity index (χ0v) is 11.0. The molecule has 6 heteroatoms. The Bertz CT molecular complexity index is 638. The molecule has 0 amide bonds. The summed E-state index contributed by atoms with van der Waals surface area (Å²) in [5, 5.41) is 10.2. The molecule has 0 aromatic heterocycles. The number of hydrogen-bond donors (Lipinski definition) is 1. The number of para-hydroxylation sites is 1. The zero-order chi connectivity index (χ0) is 15.6. The minimum atomic E-state index is -4.76. The predicted molar refractivity (Wildman–Crippen MR) is 68.5 cm³/mol. The molecule has 0 heterocycles. The fraction of sp³-hybridized carbons (Fsp3) is 0.200. The molecule has 0 fully saturated rings. The first-order valence-electron chi connectivity index (χ1n) is 6.02. The topological polar surface area (TPSA) is 29.5 Å². The molecule has 0 spiro atoms. The lowest BCUT2D eigenvalue weighted by atomic mass is 9.95. The molecule has 1 atom stereocenters. The van der Waals surface area contributed by atoms with E-state index in [1.54, 1.807) is 12.1 Å². The van der Waals surface area contributed by atoms with Crippen molar-refractivity contribution in [2.24, 2.45) is 0 Å². The van der Waals surface area contributed by atoms with E-state index in [0.717, 1.165) is 12.1 Å². The molecule has 21 heavy (non-hydrogen) atoms. The summed E-state index contributed by atoms with van der Waals surface area (Å²) in [7, 11) is 1.35. The van der Waals surface area contributed by atoms with Gasteiger partial charge in [-0.15, -0.1) is 0 Å². The molecule has 0 aliphatic rings. The van der Waals surface area contributed by atoms with Crippen molar-refractivity contribution in [3.63, 3.8) is 0 Å². The van der Waals surface area contributed by atoms with E-state index in [0.29, 0.717) is 6.07 Å². The second-order valence-electron chi connectivity index (χ2n) is 4.37. The number of rotatable bonds is 3. The van der Waals surface area contributed by atoms with Gasteiger partial charge in [0.2, 0.25) is 0 Å². The Morgan fingerprint density at radius 2 is 1.71 bits per heavy atom. The first-order valence-corrected chi connectivity index (χ1v) is 6.02.